The van der Waals surface area contributed by atoms with Crippen LogP contribution >= 0.6 is 0 Å². The van der Waals surface area contributed by atoms with Gasteiger partial charge in [0.1, 0.15) is 18.1 Å². The Morgan fingerprint density at radius 1 is 0.767 bits per heavy atom. The van der Waals surface area contributed by atoms with Crippen molar-refractivity contribution < 1.29 is 23.8 Å². The number of fused-ring (bicyclic) bond motifs is 2. The van der Waals surface area contributed by atoms with Gasteiger partial charge in [0.05, 0.1) is 48.6 Å². The first-order valence-corrected chi connectivity index (χ1v) is 14.2. The highest BCUT2D eigenvalue weighted by Crippen LogP contribution is 2.33. The Labute approximate surface area is 249 Å². The summed E-state index contributed by atoms with van der Waals surface area (Å²) in [5, 5.41) is 0. The number of ether oxygens (including phenoxy) is 3. The molecular formula is C35H31N3O5. The molecule has 5 aromatic rings. The Hall–Kier alpha value is -5.24. The van der Waals surface area contributed by atoms with Crippen LogP contribution in [0.5, 0.6) is 11.5 Å². The van der Waals surface area contributed by atoms with E-state index in [-0.39, 0.29) is 18.9 Å². The minimum Gasteiger partial charge on any atom is -0.497 e. The number of methoxy groups -OCH3 is 2. The molecule has 0 saturated heterocycles. The molecule has 0 aliphatic carbocycles. The van der Waals surface area contributed by atoms with Gasteiger partial charge < -0.3 is 19.1 Å². The molecule has 4 aromatic carbocycles. The lowest BCUT2D eigenvalue weighted by Crippen LogP contribution is -2.36. The van der Waals surface area contributed by atoms with E-state index < -0.39 is 5.97 Å². The third-order valence-corrected chi connectivity index (χ3v) is 7.59. The number of aryl methyl sites for hydroxylation is 1. The highest BCUT2D eigenvalue weighted by molar-refractivity contribution is 5.96. The summed E-state index contributed by atoms with van der Waals surface area (Å²) in [5.74, 6) is 0.908. The average molecular weight is 574 g/mol. The lowest BCUT2D eigenvalue weighted by Gasteiger charge is -2.29. The van der Waals surface area contributed by atoms with Crippen molar-refractivity contribution in [2.45, 2.75) is 19.3 Å². The van der Waals surface area contributed by atoms with Crippen molar-refractivity contribution in [1.82, 2.24) is 9.97 Å². The fourth-order valence-electron chi connectivity index (χ4n) is 5.32. The van der Waals surface area contributed by atoms with Crippen LogP contribution in [0.15, 0.2) is 91.0 Å². The van der Waals surface area contributed by atoms with Crippen molar-refractivity contribution in [3.8, 4) is 34.0 Å². The molecule has 0 bridgehead atoms. The first kappa shape index (κ1) is 27.9. The molecule has 0 spiro atoms. The van der Waals surface area contributed by atoms with Gasteiger partial charge in [0.25, 0.3) is 0 Å². The summed E-state index contributed by atoms with van der Waals surface area (Å²) in [6.07, 6.45) is 1.99. The number of carbonyl (C=O) groups excluding carboxylic acids is 2. The number of esters is 1. The van der Waals surface area contributed by atoms with E-state index in [1.807, 2.05) is 66.7 Å². The summed E-state index contributed by atoms with van der Waals surface area (Å²) in [6.45, 7) is 0.662. The van der Waals surface area contributed by atoms with Crippen LogP contribution in [0.2, 0.25) is 0 Å². The Morgan fingerprint density at radius 2 is 1.40 bits per heavy atom. The highest BCUT2D eigenvalue weighted by atomic mass is 16.5. The molecule has 0 unspecified atom stereocenters. The molecule has 6 rings (SSSR count). The molecule has 0 saturated carbocycles. The van der Waals surface area contributed by atoms with E-state index in [0.717, 1.165) is 41.2 Å². The number of amides is 1. The topological polar surface area (TPSA) is 90.9 Å². The smallest absolute Gasteiger partial charge is 0.338 e. The fourth-order valence-corrected chi connectivity index (χ4v) is 5.32. The normalized spacial score (nSPS) is 12.5. The van der Waals surface area contributed by atoms with Gasteiger partial charge in [0.2, 0.25) is 5.91 Å². The summed E-state index contributed by atoms with van der Waals surface area (Å²) in [7, 11) is 3.25. The standard InChI is InChI=1S/C35H31N3O5/c1-41-27-14-9-24(10-15-27)33-34(25-11-16-28(42-2)17-12-25)37-30-22-26(13-18-29(30)36-33)35(40)43-21-19-32(39)38-20-5-7-23-6-3-4-8-31(23)38/h3-4,6,8-18,22H,5,7,19-21H2,1-2H3. The molecule has 0 N–H and O–H groups in total. The number of carbonyl (C=O) groups is 2. The number of anilines is 1. The molecule has 1 aliphatic rings. The lowest BCUT2D eigenvalue weighted by atomic mass is 10.0. The van der Waals surface area contributed by atoms with Crippen molar-refractivity contribution in [3.63, 3.8) is 0 Å². The summed E-state index contributed by atoms with van der Waals surface area (Å²) < 4.78 is 16.2. The summed E-state index contributed by atoms with van der Waals surface area (Å²) in [5.41, 5.74) is 6.75. The molecule has 1 aromatic heterocycles. The van der Waals surface area contributed by atoms with E-state index in [1.165, 1.54) is 5.56 Å². The largest absolute Gasteiger partial charge is 0.497 e. The van der Waals surface area contributed by atoms with Crippen molar-refractivity contribution in [2.24, 2.45) is 0 Å². The number of aromatic nitrogens is 2. The summed E-state index contributed by atoms with van der Waals surface area (Å²) in [6, 6.07) is 28.3. The number of nitrogens with zero attached hydrogens (tertiary/aromatic N) is 3. The molecule has 2 heterocycles. The van der Waals surface area contributed by atoms with E-state index in [0.29, 0.717) is 34.5 Å². The van der Waals surface area contributed by atoms with Crippen molar-refractivity contribution >= 4 is 28.6 Å². The van der Waals surface area contributed by atoms with E-state index in [2.05, 4.69) is 6.07 Å². The second kappa shape index (κ2) is 12.3. The average Bonchev–Trinajstić information content (AvgIpc) is 3.07. The van der Waals surface area contributed by atoms with Crippen molar-refractivity contribution in [2.75, 3.05) is 32.3 Å². The summed E-state index contributed by atoms with van der Waals surface area (Å²) in [4.78, 5) is 37.6. The van der Waals surface area contributed by atoms with Gasteiger partial charge in [0, 0.05) is 23.4 Å². The predicted octanol–water partition coefficient (Wildman–Crippen LogP) is 6.51. The van der Waals surface area contributed by atoms with Crippen LogP contribution in [0.3, 0.4) is 0 Å². The van der Waals surface area contributed by atoms with Crippen LogP contribution in [-0.2, 0) is 16.0 Å². The molecule has 216 valence electrons. The van der Waals surface area contributed by atoms with Gasteiger partial charge in [-0.2, -0.15) is 0 Å². The van der Waals surface area contributed by atoms with Gasteiger partial charge in [-0.1, -0.05) is 18.2 Å². The van der Waals surface area contributed by atoms with E-state index in [9.17, 15) is 9.59 Å². The zero-order valence-corrected chi connectivity index (χ0v) is 24.1. The maximum absolute atomic E-state index is 13.0. The Balaban J connectivity index is 1.23. The Morgan fingerprint density at radius 3 is 2.05 bits per heavy atom. The third-order valence-electron chi connectivity index (χ3n) is 7.59. The second-order valence-electron chi connectivity index (χ2n) is 10.2. The molecular weight excluding hydrogens is 542 g/mol. The minimum absolute atomic E-state index is 0.00639. The first-order chi connectivity index (χ1) is 21.0. The number of hydrogen-bond acceptors (Lipinski definition) is 7. The molecule has 1 amide bonds. The van der Waals surface area contributed by atoms with Gasteiger partial charge >= 0.3 is 5.97 Å². The zero-order chi connectivity index (χ0) is 29.8. The highest BCUT2D eigenvalue weighted by Gasteiger charge is 2.22. The Bertz CT molecular complexity index is 1780. The second-order valence-corrected chi connectivity index (χ2v) is 10.2. The zero-order valence-electron chi connectivity index (χ0n) is 24.1. The van der Waals surface area contributed by atoms with Crippen LogP contribution < -0.4 is 14.4 Å². The van der Waals surface area contributed by atoms with Crippen molar-refractivity contribution in [3.05, 3.63) is 102 Å². The van der Waals surface area contributed by atoms with Gasteiger partial charge in [-0.05, 0) is 91.2 Å². The van der Waals surface area contributed by atoms with Gasteiger partial charge in [-0.3, -0.25) is 4.79 Å². The first-order valence-electron chi connectivity index (χ1n) is 14.2. The maximum Gasteiger partial charge on any atom is 0.338 e. The van der Waals surface area contributed by atoms with Crippen molar-refractivity contribution in [1.29, 1.82) is 0 Å². The van der Waals surface area contributed by atoms with Crippen LogP contribution in [0, 0.1) is 0 Å². The van der Waals surface area contributed by atoms with Gasteiger partial charge in [0.15, 0.2) is 0 Å². The lowest BCUT2D eigenvalue weighted by molar-refractivity contribution is -0.119. The molecule has 8 nitrogen and oxygen atoms in total. The maximum atomic E-state index is 13.0. The molecule has 0 atom stereocenters. The number of hydrogen-bond donors (Lipinski definition) is 0. The molecule has 8 heteroatoms. The minimum atomic E-state index is -0.513. The van der Waals surface area contributed by atoms with E-state index >= 15 is 0 Å². The van der Waals surface area contributed by atoms with E-state index in [1.54, 1.807) is 37.3 Å². The number of para-hydroxylation sites is 1. The van der Waals surface area contributed by atoms with Crippen LogP contribution in [-0.4, -0.2) is 49.2 Å². The molecule has 0 fully saturated rings. The van der Waals surface area contributed by atoms with Gasteiger partial charge in [-0.25, -0.2) is 14.8 Å². The predicted molar refractivity (Wildman–Crippen MR) is 166 cm³/mol. The van der Waals surface area contributed by atoms with Gasteiger partial charge in [-0.15, -0.1) is 0 Å². The monoisotopic (exact) mass is 573 g/mol. The number of rotatable bonds is 8. The number of benzene rings is 4. The fraction of sp³-hybridized carbons (Fsp3) is 0.200. The molecule has 1 aliphatic heterocycles. The van der Waals surface area contributed by atoms with E-state index in [4.69, 9.17) is 24.2 Å². The van der Waals surface area contributed by atoms with Crippen LogP contribution in [0.4, 0.5) is 5.69 Å². The SMILES string of the molecule is COc1ccc(-c2nc3ccc(C(=O)OCCC(=O)N4CCCc5ccccc54)cc3nc2-c2ccc(OC)cc2)cc1. The quantitative estimate of drug-likeness (QED) is 0.196. The molecule has 0 radical (unpaired) electrons. The third kappa shape index (κ3) is 5.90. The Kier molecular flexibility index (Phi) is 8.00. The summed E-state index contributed by atoms with van der Waals surface area (Å²) >= 11 is 0. The molecule has 43 heavy (non-hydrogen) atoms. The van der Waals surface area contributed by atoms with Crippen LogP contribution in [0.1, 0.15) is 28.8 Å². The van der Waals surface area contributed by atoms with Crippen LogP contribution in [0.25, 0.3) is 33.5 Å².